The number of hydrogen-bond donors (Lipinski definition) is 2. The van der Waals surface area contributed by atoms with Gasteiger partial charge in [0.1, 0.15) is 12.4 Å². The van der Waals surface area contributed by atoms with E-state index in [0.29, 0.717) is 0 Å². The average Bonchev–Trinajstić information content (AvgIpc) is 2.78. The third-order valence-corrected chi connectivity index (χ3v) is 3.71. The summed E-state index contributed by atoms with van der Waals surface area (Å²) in [6.45, 7) is 2.19. The topological polar surface area (TPSA) is 57.0 Å². The standard InChI is InChI=1S/C15H26N2O2/c1-3-4-5-6-7-8-13(15(18)19)9-10-14-16-11-12-17(14)2/h11-13H,3-10H2,1-2H3,(H,18,19)/p+1. The Morgan fingerprint density at radius 2 is 2.05 bits per heavy atom. The van der Waals surface area contributed by atoms with Crippen LogP contribution >= 0.6 is 0 Å². The first kappa shape index (κ1) is 15.7. The van der Waals surface area contributed by atoms with Crippen molar-refractivity contribution in [3.8, 4) is 0 Å². The van der Waals surface area contributed by atoms with Crippen molar-refractivity contribution in [1.29, 1.82) is 0 Å². The van der Waals surface area contributed by atoms with Crippen LogP contribution in [0.3, 0.4) is 0 Å². The SMILES string of the molecule is CCCCCCCC(CCc1[nH]cc[n+]1C)C(=O)O. The molecule has 0 aliphatic carbocycles. The predicted molar refractivity (Wildman–Crippen MR) is 74.8 cm³/mol. The highest BCUT2D eigenvalue weighted by atomic mass is 16.4. The van der Waals surface area contributed by atoms with E-state index in [-0.39, 0.29) is 5.92 Å². The first-order valence-electron chi connectivity index (χ1n) is 7.39. The van der Waals surface area contributed by atoms with Crippen LogP contribution in [-0.4, -0.2) is 16.1 Å². The lowest BCUT2D eigenvalue weighted by Crippen LogP contribution is -2.31. The fraction of sp³-hybridized carbons (Fsp3) is 0.733. The number of rotatable bonds is 10. The summed E-state index contributed by atoms with van der Waals surface area (Å²) in [7, 11) is 1.98. The predicted octanol–water partition coefficient (Wildman–Crippen LogP) is 2.83. The number of carboxylic acids is 1. The van der Waals surface area contributed by atoms with Crippen molar-refractivity contribution < 1.29 is 14.5 Å². The molecule has 108 valence electrons. The molecule has 0 amide bonds. The number of imidazole rings is 1. The molecule has 2 N–H and O–H groups in total. The zero-order valence-electron chi connectivity index (χ0n) is 12.2. The number of carbonyl (C=O) groups is 1. The molecule has 0 aliphatic rings. The Labute approximate surface area is 115 Å². The maximum absolute atomic E-state index is 11.2. The average molecular weight is 267 g/mol. The molecule has 1 atom stereocenters. The number of unbranched alkanes of at least 4 members (excludes halogenated alkanes) is 4. The molecular weight excluding hydrogens is 240 g/mol. The Hall–Kier alpha value is -1.32. The maximum Gasteiger partial charge on any atom is 0.306 e. The van der Waals surface area contributed by atoms with Gasteiger partial charge in [-0.25, -0.2) is 9.55 Å². The molecule has 0 aromatic carbocycles. The Morgan fingerprint density at radius 1 is 1.32 bits per heavy atom. The molecule has 1 rings (SSSR count). The largest absolute Gasteiger partial charge is 0.481 e. The first-order valence-corrected chi connectivity index (χ1v) is 7.39. The van der Waals surface area contributed by atoms with E-state index in [2.05, 4.69) is 11.9 Å². The minimum atomic E-state index is -0.648. The van der Waals surface area contributed by atoms with Gasteiger partial charge < -0.3 is 5.11 Å². The number of nitrogens with zero attached hydrogens (tertiary/aromatic N) is 1. The van der Waals surface area contributed by atoms with E-state index in [1.807, 2.05) is 24.0 Å². The van der Waals surface area contributed by atoms with E-state index >= 15 is 0 Å². The van der Waals surface area contributed by atoms with E-state index in [9.17, 15) is 9.90 Å². The van der Waals surface area contributed by atoms with Gasteiger partial charge in [-0.2, -0.15) is 0 Å². The van der Waals surface area contributed by atoms with Crippen molar-refractivity contribution in [3.05, 3.63) is 18.2 Å². The third kappa shape index (κ3) is 5.90. The summed E-state index contributed by atoms with van der Waals surface area (Å²) >= 11 is 0. The lowest BCUT2D eigenvalue weighted by Gasteiger charge is -2.10. The van der Waals surface area contributed by atoms with Gasteiger partial charge in [0.25, 0.3) is 5.82 Å². The quantitative estimate of drug-likeness (QED) is 0.506. The number of aromatic amines is 1. The molecule has 1 unspecified atom stereocenters. The monoisotopic (exact) mass is 267 g/mol. The lowest BCUT2D eigenvalue weighted by atomic mass is 9.95. The second-order valence-corrected chi connectivity index (χ2v) is 5.29. The second kappa shape index (κ2) is 8.73. The molecule has 0 spiro atoms. The van der Waals surface area contributed by atoms with Crippen molar-refractivity contribution in [2.75, 3.05) is 0 Å². The van der Waals surface area contributed by atoms with Crippen LogP contribution in [0.4, 0.5) is 0 Å². The van der Waals surface area contributed by atoms with Crippen molar-refractivity contribution >= 4 is 5.97 Å². The van der Waals surface area contributed by atoms with Crippen LogP contribution < -0.4 is 4.57 Å². The van der Waals surface area contributed by atoms with Crippen molar-refractivity contribution in [1.82, 2.24) is 4.98 Å². The molecule has 1 heterocycles. The summed E-state index contributed by atoms with van der Waals surface area (Å²) in [5.41, 5.74) is 0. The second-order valence-electron chi connectivity index (χ2n) is 5.29. The van der Waals surface area contributed by atoms with E-state index in [1.54, 1.807) is 0 Å². The fourth-order valence-corrected chi connectivity index (χ4v) is 2.38. The van der Waals surface area contributed by atoms with Gasteiger partial charge in [-0.15, -0.1) is 0 Å². The van der Waals surface area contributed by atoms with Gasteiger partial charge in [0.15, 0.2) is 0 Å². The minimum absolute atomic E-state index is 0.204. The van der Waals surface area contributed by atoms with E-state index in [1.165, 1.54) is 19.3 Å². The highest BCUT2D eigenvalue weighted by Gasteiger charge is 2.19. The molecule has 4 heteroatoms. The zero-order valence-corrected chi connectivity index (χ0v) is 12.2. The van der Waals surface area contributed by atoms with Crippen LogP contribution in [0.2, 0.25) is 0 Å². The molecule has 1 aromatic heterocycles. The summed E-state index contributed by atoms with van der Waals surface area (Å²) in [5.74, 6) is 0.242. The number of aromatic nitrogens is 2. The van der Waals surface area contributed by atoms with Crippen LogP contribution in [0.5, 0.6) is 0 Å². The van der Waals surface area contributed by atoms with Crippen molar-refractivity contribution in [2.45, 2.75) is 58.3 Å². The van der Waals surface area contributed by atoms with Gasteiger partial charge in [0, 0.05) is 6.42 Å². The van der Waals surface area contributed by atoms with E-state index in [4.69, 9.17) is 0 Å². The van der Waals surface area contributed by atoms with Crippen LogP contribution in [0, 0.1) is 5.92 Å². The number of hydrogen-bond acceptors (Lipinski definition) is 1. The van der Waals surface area contributed by atoms with Gasteiger partial charge in [-0.05, 0) is 12.8 Å². The highest BCUT2D eigenvalue weighted by molar-refractivity contribution is 5.69. The van der Waals surface area contributed by atoms with Gasteiger partial charge in [-0.3, -0.25) is 4.79 Å². The molecule has 0 radical (unpaired) electrons. The molecule has 0 bridgehead atoms. The molecule has 1 aromatic rings. The zero-order chi connectivity index (χ0) is 14.1. The van der Waals surface area contributed by atoms with E-state index in [0.717, 1.165) is 37.9 Å². The molecule has 4 nitrogen and oxygen atoms in total. The van der Waals surface area contributed by atoms with Crippen molar-refractivity contribution in [2.24, 2.45) is 13.0 Å². The fourth-order valence-electron chi connectivity index (χ4n) is 2.38. The summed E-state index contributed by atoms with van der Waals surface area (Å²) < 4.78 is 2.01. The number of aliphatic carboxylic acids is 1. The summed E-state index contributed by atoms with van der Waals surface area (Å²) in [4.78, 5) is 14.4. The number of carboxylic acid groups (broad SMARTS) is 1. The maximum atomic E-state index is 11.2. The Morgan fingerprint density at radius 3 is 2.63 bits per heavy atom. The minimum Gasteiger partial charge on any atom is -0.481 e. The smallest absolute Gasteiger partial charge is 0.306 e. The molecule has 19 heavy (non-hydrogen) atoms. The van der Waals surface area contributed by atoms with Crippen LogP contribution in [0.1, 0.15) is 57.7 Å². The Bertz CT molecular complexity index is 374. The summed E-state index contributed by atoms with van der Waals surface area (Å²) in [5, 5.41) is 9.26. The molecule has 0 fully saturated rings. The number of H-pyrrole nitrogens is 1. The summed E-state index contributed by atoms with van der Waals surface area (Å²) in [6.07, 6.45) is 12.1. The van der Waals surface area contributed by atoms with Gasteiger partial charge in [0.2, 0.25) is 0 Å². The van der Waals surface area contributed by atoms with Crippen LogP contribution in [0.15, 0.2) is 12.4 Å². The Balaban J connectivity index is 2.28. The van der Waals surface area contributed by atoms with E-state index < -0.39 is 5.97 Å². The molecule has 0 aliphatic heterocycles. The first-order chi connectivity index (χ1) is 9.15. The molecule has 0 saturated carbocycles. The number of nitrogens with one attached hydrogen (secondary N) is 1. The highest BCUT2D eigenvalue weighted by Crippen LogP contribution is 2.16. The van der Waals surface area contributed by atoms with Crippen LogP contribution in [0.25, 0.3) is 0 Å². The van der Waals surface area contributed by atoms with Gasteiger partial charge >= 0.3 is 5.97 Å². The summed E-state index contributed by atoms with van der Waals surface area (Å²) in [6, 6.07) is 0. The number of aryl methyl sites for hydroxylation is 2. The third-order valence-electron chi connectivity index (χ3n) is 3.71. The van der Waals surface area contributed by atoms with Gasteiger partial charge in [-0.1, -0.05) is 39.0 Å². The van der Waals surface area contributed by atoms with Crippen LogP contribution in [-0.2, 0) is 18.3 Å². The Kier molecular flexibility index (Phi) is 7.23. The van der Waals surface area contributed by atoms with Gasteiger partial charge in [0.05, 0.1) is 13.0 Å². The molecule has 0 saturated heterocycles. The molecular formula is C15H27N2O2+. The normalized spacial score (nSPS) is 12.5. The lowest BCUT2D eigenvalue weighted by molar-refractivity contribution is -0.677. The van der Waals surface area contributed by atoms with Crippen molar-refractivity contribution in [3.63, 3.8) is 0 Å².